The standard InChI is InChI=1S/C16H11ClF3NO4/c17-13-6-3-10(7-12(13)16(18,19)20)21-14(23)8-25-15(24)9-1-4-11(22)5-2-9/h1-7,22H,8H2,(H,21,23). The Morgan fingerprint density at radius 2 is 1.76 bits per heavy atom. The highest BCUT2D eigenvalue weighted by Gasteiger charge is 2.33. The first-order valence-corrected chi connectivity index (χ1v) is 7.17. The Morgan fingerprint density at radius 3 is 2.36 bits per heavy atom. The number of alkyl halides is 3. The zero-order valence-electron chi connectivity index (χ0n) is 12.4. The van der Waals surface area contributed by atoms with Crippen molar-refractivity contribution in [2.24, 2.45) is 0 Å². The third-order valence-electron chi connectivity index (χ3n) is 2.99. The van der Waals surface area contributed by atoms with Crippen molar-refractivity contribution in [3.63, 3.8) is 0 Å². The smallest absolute Gasteiger partial charge is 0.417 e. The van der Waals surface area contributed by atoms with Crippen molar-refractivity contribution in [1.29, 1.82) is 0 Å². The summed E-state index contributed by atoms with van der Waals surface area (Å²) in [6, 6.07) is 8.00. The van der Waals surface area contributed by atoms with E-state index in [1.54, 1.807) is 0 Å². The summed E-state index contributed by atoms with van der Waals surface area (Å²) in [5.74, 6) is -1.68. The maximum Gasteiger partial charge on any atom is 0.417 e. The Bertz CT molecular complexity index is 791. The molecule has 0 heterocycles. The molecular weight excluding hydrogens is 363 g/mol. The van der Waals surface area contributed by atoms with Gasteiger partial charge in [-0.2, -0.15) is 13.2 Å². The van der Waals surface area contributed by atoms with E-state index in [9.17, 15) is 22.8 Å². The molecule has 0 radical (unpaired) electrons. The van der Waals surface area contributed by atoms with Crippen LogP contribution in [0.2, 0.25) is 5.02 Å². The molecule has 0 aromatic heterocycles. The molecule has 2 rings (SSSR count). The quantitative estimate of drug-likeness (QED) is 0.798. The van der Waals surface area contributed by atoms with Crippen LogP contribution in [0.3, 0.4) is 0 Å². The second kappa shape index (κ2) is 7.43. The Morgan fingerprint density at radius 1 is 1.12 bits per heavy atom. The van der Waals surface area contributed by atoms with Gasteiger partial charge in [-0.05, 0) is 42.5 Å². The fraction of sp³-hybridized carbons (Fsp3) is 0.125. The van der Waals surface area contributed by atoms with Gasteiger partial charge >= 0.3 is 12.1 Å². The molecule has 0 aliphatic heterocycles. The van der Waals surface area contributed by atoms with Crippen LogP contribution in [0, 0.1) is 0 Å². The number of rotatable bonds is 4. The molecule has 0 aliphatic carbocycles. The molecule has 0 bridgehead atoms. The lowest BCUT2D eigenvalue weighted by Crippen LogP contribution is -2.21. The lowest BCUT2D eigenvalue weighted by molar-refractivity contribution is -0.137. The van der Waals surface area contributed by atoms with E-state index in [0.29, 0.717) is 6.07 Å². The third kappa shape index (κ3) is 5.12. The number of esters is 1. The van der Waals surface area contributed by atoms with Crippen LogP contribution in [0.5, 0.6) is 5.75 Å². The summed E-state index contributed by atoms with van der Waals surface area (Å²) >= 11 is 5.48. The predicted octanol–water partition coefficient (Wildman–Crippen LogP) is 3.86. The summed E-state index contributed by atoms with van der Waals surface area (Å²) < 4.78 is 43.0. The van der Waals surface area contributed by atoms with Gasteiger partial charge in [0.1, 0.15) is 5.75 Å². The molecule has 0 saturated carbocycles. The number of anilines is 1. The number of hydrogen-bond acceptors (Lipinski definition) is 4. The Labute approximate surface area is 145 Å². The van der Waals surface area contributed by atoms with Crippen molar-refractivity contribution in [3.05, 3.63) is 58.6 Å². The van der Waals surface area contributed by atoms with E-state index < -0.39 is 35.2 Å². The molecule has 0 saturated heterocycles. The van der Waals surface area contributed by atoms with Crippen LogP contribution < -0.4 is 5.32 Å². The Hall–Kier alpha value is -2.74. The topological polar surface area (TPSA) is 75.6 Å². The minimum atomic E-state index is -4.66. The third-order valence-corrected chi connectivity index (χ3v) is 3.32. The maximum atomic E-state index is 12.8. The van der Waals surface area contributed by atoms with Crippen molar-refractivity contribution in [1.82, 2.24) is 0 Å². The second-order valence-corrected chi connectivity index (χ2v) is 5.27. The van der Waals surface area contributed by atoms with Crippen molar-refractivity contribution in [2.75, 3.05) is 11.9 Å². The normalized spacial score (nSPS) is 11.0. The van der Waals surface area contributed by atoms with Crippen LogP contribution >= 0.6 is 11.6 Å². The fourth-order valence-corrected chi connectivity index (χ4v) is 2.05. The van der Waals surface area contributed by atoms with E-state index in [2.05, 4.69) is 5.32 Å². The van der Waals surface area contributed by atoms with Gasteiger partial charge in [0, 0.05) is 5.69 Å². The number of aromatic hydroxyl groups is 1. The van der Waals surface area contributed by atoms with E-state index >= 15 is 0 Å². The van der Waals surface area contributed by atoms with Crippen molar-refractivity contribution in [2.45, 2.75) is 6.18 Å². The Balaban J connectivity index is 1.96. The van der Waals surface area contributed by atoms with Gasteiger partial charge in [-0.15, -0.1) is 0 Å². The average Bonchev–Trinajstić information content (AvgIpc) is 2.54. The highest BCUT2D eigenvalue weighted by molar-refractivity contribution is 6.31. The molecular formula is C16H11ClF3NO4. The zero-order chi connectivity index (χ0) is 18.6. The van der Waals surface area contributed by atoms with E-state index in [1.165, 1.54) is 30.3 Å². The lowest BCUT2D eigenvalue weighted by Gasteiger charge is -2.12. The first-order valence-electron chi connectivity index (χ1n) is 6.79. The van der Waals surface area contributed by atoms with Crippen molar-refractivity contribution < 1.29 is 32.6 Å². The van der Waals surface area contributed by atoms with Gasteiger partial charge < -0.3 is 15.2 Å². The van der Waals surface area contributed by atoms with Crippen LogP contribution in [-0.4, -0.2) is 23.6 Å². The maximum absolute atomic E-state index is 12.8. The lowest BCUT2D eigenvalue weighted by atomic mass is 10.2. The number of phenols is 1. The molecule has 25 heavy (non-hydrogen) atoms. The SMILES string of the molecule is O=C(COC(=O)c1ccc(O)cc1)Nc1ccc(Cl)c(C(F)(F)F)c1. The summed E-state index contributed by atoms with van der Waals surface area (Å²) in [5, 5.41) is 10.8. The largest absolute Gasteiger partial charge is 0.508 e. The van der Waals surface area contributed by atoms with Crippen LogP contribution in [-0.2, 0) is 15.7 Å². The van der Waals surface area contributed by atoms with Crippen LogP contribution in [0.1, 0.15) is 15.9 Å². The summed E-state index contributed by atoms with van der Waals surface area (Å²) in [4.78, 5) is 23.4. The van der Waals surface area contributed by atoms with Crippen molar-refractivity contribution in [3.8, 4) is 5.75 Å². The van der Waals surface area contributed by atoms with Gasteiger partial charge in [-0.25, -0.2) is 4.79 Å². The van der Waals surface area contributed by atoms with Gasteiger partial charge in [-0.1, -0.05) is 11.6 Å². The molecule has 5 nitrogen and oxygen atoms in total. The van der Waals surface area contributed by atoms with Crippen molar-refractivity contribution >= 4 is 29.2 Å². The van der Waals surface area contributed by atoms with Gasteiger partial charge in [0.25, 0.3) is 5.91 Å². The zero-order valence-corrected chi connectivity index (χ0v) is 13.2. The molecule has 2 N–H and O–H groups in total. The number of ether oxygens (including phenoxy) is 1. The fourth-order valence-electron chi connectivity index (χ4n) is 1.83. The monoisotopic (exact) mass is 373 g/mol. The molecule has 0 fully saturated rings. The average molecular weight is 374 g/mol. The minimum Gasteiger partial charge on any atom is -0.508 e. The molecule has 0 spiro atoms. The van der Waals surface area contributed by atoms with Gasteiger partial charge in [0.15, 0.2) is 6.61 Å². The van der Waals surface area contributed by atoms with Crippen LogP contribution in [0.4, 0.5) is 18.9 Å². The molecule has 2 aromatic carbocycles. The number of phenolic OH excluding ortho intramolecular Hbond substituents is 1. The van der Waals surface area contributed by atoms with Gasteiger partial charge in [-0.3, -0.25) is 4.79 Å². The van der Waals surface area contributed by atoms with Gasteiger partial charge in [0.2, 0.25) is 0 Å². The second-order valence-electron chi connectivity index (χ2n) is 4.86. The van der Waals surface area contributed by atoms with Gasteiger partial charge in [0.05, 0.1) is 16.1 Å². The van der Waals surface area contributed by atoms with E-state index in [4.69, 9.17) is 21.4 Å². The van der Waals surface area contributed by atoms with Crippen LogP contribution in [0.15, 0.2) is 42.5 Å². The predicted molar refractivity (Wildman–Crippen MR) is 83.5 cm³/mol. The highest BCUT2D eigenvalue weighted by Crippen LogP contribution is 2.36. The number of halogens is 4. The number of nitrogens with one attached hydrogen (secondary N) is 1. The number of amides is 1. The summed E-state index contributed by atoms with van der Waals surface area (Å²) in [6.07, 6.45) is -4.66. The first-order chi connectivity index (χ1) is 11.7. The number of hydrogen-bond donors (Lipinski definition) is 2. The number of carbonyl (C=O) groups excluding carboxylic acids is 2. The van der Waals surface area contributed by atoms with Crippen LogP contribution in [0.25, 0.3) is 0 Å². The number of benzene rings is 2. The van der Waals surface area contributed by atoms with E-state index in [-0.39, 0.29) is 17.0 Å². The summed E-state index contributed by atoms with van der Waals surface area (Å²) in [7, 11) is 0. The summed E-state index contributed by atoms with van der Waals surface area (Å²) in [5.41, 5.74) is -1.12. The molecule has 2 aromatic rings. The molecule has 0 aliphatic rings. The van der Waals surface area contributed by atoms with E-state index in [1.807, 2.05) is 0 Å². The Kier molecular flexibility index (Phi) is 5.53. The minimum absolute atomic E-state index is 0.0440. The molecule has 0 unspecified atom stereocenters. The summed E-state index contributed by atoms with van der Waals surface area (Å²) in [6.45, 7) is -0.691. The molecule has 0 atom stereocenters. The molecule has 9 heteroatoms. The number of carbonyl (C=O) groups is 2. The highest BCUT2D eigenvalue weighted by atomic mass is 35.5. The first kappa shape index (κ1) is 18.6. The molecule has 1 amide bonds. The molecule has 132 valence electrons. The van der Waals surface area contributed by atoms with E-state index in [0.717, 1.165) is 6.07 Å².